The molecule has 7 nitrogen and oxygen atoms in total. The minimum atomic E-state index is -0.140. The number of carbonyl (C=O) groups excluding carboxylic acids is 1. The molecule has 2 aromatic carbocycles. The minimum absolute atomic E-state index is 0.0843. The Morgan fingerprint density at radius 2 is 1.69 bits per heavy atom. The van der Waals surface area contributed by atoms with Crippen LogP contribution >= 0.6 is 0 Å². The number of nitrogens with one attached hydrogen (secondary N) is 2. The van der Waals surface area contributed by atoms with Crippen LogP contribution in [0.1, 0.15) is 47.8 Å². The number of pyridine rings is 1. The summed E-state index contributed by atoms with van der Waals surface area (Å²) in [7, 11) is 0. The fourth-order valence-electron chi connectivity index (χ4n) is 6.27. The molecule has 36 heavy (non-hydrogen) atoms. The van der Waals surface area contributed by atoms with Crippen LogP contribution in [0.4, 0.5) is 0 Å². The van der Waals surface area contributed by atoms with Crippen LogP contribution in [0.3, 0.4) is 0 Å². The summed E-state index contributed by atoms with van der Waals surface area (Å²) in [5.74, 6) is 0.264. The van der Waals surface area contributed by atoms with E-state index in [0.717, 1.165) is 53.5 Å². The Hall–Kier alpha value is -4.26. The quantitative estimate of drug-likeness (QED) is 0.394. The van der Waals surface area contributed by atoms with Crippen molar-refractivity contribution in [3.8, 4) is 11.1 Å². The Kier molecular flexibility index (Phi) is 4.61. The largest absolute Gasteiger partial charge is 0.348 e. The first-order valence-electron chi connectivity index (χ1n) is 12.4. The van der Waals surface area contributed by atoms with E-state index in [4.69, 9.17) is 0 Å². The minimum Gasteiger partial charge on any atom is -0.348 e. The number of benzene rings is 2. The molecular weight excluding hydrogens is 450 g/mol. The van der Waals surface area contributed by atoms with Crippen molar-refractivity contribution in [3.63, 3.8) is 0 Å². The Bertz CT molecular complexity index is 1670. The molecule has 0 saturated heterocycles. The van der Waals surface area contributed by atoms with Gasteiger partial charge in [-0.1, -0.05) is 48.5 Å². The van der Waals surface area contributed by atoms with Gasteiger partial charge in [0.25, 0.3) is 11.5 Å². The zero-order valence-electron chi connectivity index (χ0n) is 19.6. The highest BCUT2D eigenvalue weighted by Gasteiger charge is 2.54. The average Bonchev–Trinajstić information content (AvgIpc) is 3.29. The van der Waals surface area contributed by atoms with Gasteiger partial charge in [-0.05, 0) is 60.4 Å². The van der Waals surface area contributed by atoms with E-state index in [9.17, 15) is 9.59 Å². The van der Waals surface area contributed by atoms with Crippen molar-refractivity contribution in [3.05, 3.63) is 101 Å². The fraction of sp³-hybridized carbons (Fsp3) is 0.241. The Labute approximate surface area is 207 Å². The third-order valence-electron chi connectivity index (χ3n) is 8.02. The van der Waals surface area contributed by atoms with Crippen LogP contribution in [0.15, 0.2) is 83.9 Å². The molecule has 0 atom stereocenters. The van der Waals surface area contributed by atoms with E-state index in [1.807, 2.05) is 65.2 Å². The molecule has 2 saturated carbocycles. The predicted octanol–water partition coefficient (Wildman–Crippen LogP) is 4.69. The summed E-state index contributed by atoms with van der Waals surface area (Å²) >= 11 is 0. The van der Waals surface area contributed by atoms with Crippen LogP contribution < -0.4 is 10.9 Å². The maximum absolute atomic E-state index is 13.0. The standard InChI is InChI=1S/C29H25N5O2/c35-27-23-9-5-4-8-22(23)26(32-33-27)20-13-29(14-20)15-21(16-29)31-28(36)24-17-30-25-12-19(10-11-34(24)25)18-6-2-1-3-7-18/h1-12,17,20-21H,13-16H2,(H,31,36)(H,33,35)/t20-,21-,29?. The number of nitrogens with zero attached hydrogens (tertiary/aromatic N) is 3. The molecule has 3 heterocycles. The number of carbonyl (C=O) groups is 1. The molecule has 3 aromatic heterocycles. The number of fused-ring (bicyclic) bond motifs is 2. The molecule has 178 valence electrons. The van der Waals surface area contributed by atoms with Crippen LogP contribution in [0.25, 0.3) is 27.5 Å². The second-order valence-corrected chi connectivity index (χ2v) is 10.3. The Morgan fingerprint density at radius 3 is 2.50 bits per heavy atom. The summed E-state index contributed by atoms with van der Waals surface area (Å²) in [4.78, 5) is 29.6. The van der Waals surface area contributed by atoms with E-state index in [-0.39, 0.29) is 22.9 Å². The number of imidazole rings is 1. The molecule has 1 spiro atoms. The van der Waals surface area contributed by atoms with Crippen molar-refractivity contribution >= 4 is 22.3 Å². The summed E-state index contributed by atoms with van der Waals surface area (Å²) in [5, 5.41) is 11.9. The lowest BCUT2D eigenvalue weighted by molar-refractivity contribution is -0.0197. The molecule has 0 unspecified atom stereocenters. The maximum atomic E-state index is 13.0. The zero-order chi connectivity index (χ0) is 24.3. The number of aromatic nitrogens is 4. The molecule has 1 amide bonds. The van der Waals surface area contributed by atoms with Gasteiger partial charge in [0.1, 0.15) is 11.3 Å². The van der Waals surface area contributed by atoms with Gasteiger partial charge >= 0.3 is 0 Å². The molecule has 0 radical (unpaired) electrons. The smallest absolute Gasteiger partial charge is 0.272 e. The number of H-pyrrole nitrogens is 1. The second-order valence-electron chi connectivity index (χ2n) is 10.3. The number of hydrogen-bond acceptors (Lipinski definition) is 4. The van der Waals surface area contributed by atoms with E-state index < -0.39 is 0 Å². The molecule has 0 bridgehead atoms. The van der Waals surface area contributed by atoms with E-state index in [1.165, 1.54) is 0 Å². The highest BCUT2D eigenvalue weighted by Crippen LogP contribution is 2.62. The molecular formula is C29H25N5O2. The summed E-state index contributed by atoms with van der Waals surface area (Å²) in [6.45, 7) is 0. The Morgan fingerprint density at radius 1 is 0.944 bits per heavy atom. The number of amides is 1. The zero-order valence-corrected chi connectivity index (χ0v) is 19.6. The molecule has 0 aliphatic heterocycles. The van der Waals surface area contributed by atoms with Crippen molar-refractivity contribution in [1.82, 2.24) is 24.9 Å². The van der Waals surface area contributed by atoms with Gasteiger partial charge in [-0.3, -0.25) is 14.0 Å². The van der Waals surface area contributed by atoms with Gasteiger partial charge in [0.05, 0.1) is 17.3 Å². The highest BCUT2D eigenvalue weighted by molar-refractivity contribution is 5.93. The van der Waals surface area contributed by atoms with Gasteiger partial charge in [0.15, 0.2) is 0 Å². The van der Waals surface area contributed by atoms with Crippen molar-refractivity contribution in [1.29, 1.82) is 0 Å². The first-order valence-corrected chi connectivity index (χ1v) is 12.4. The molecule has 2 aliphatic carbocycles. The number of aromatic amines is 1. The third-order valence-corrected chi connectivity index (χ3v) is 8.02. The lowest BCUT2D eigenvalue weighted by Crippen LogP contribution is -2.55. The molecule has 5 aromatic rings. The van der Waals surface area contributed by atoms with Crippen LogP contribution in [0.5, 0.6) is 0 Å². The van der Waals surface area contributed by atoms with Crippen molar-refractivity contribution in [2.24, 2.45) is 5.41 Å². The van der Waals surface area contributed by atoms with Gasteiger partial charge in [-0.25, -0.2) is 10.1 Å². The third kappa shape index (κ3) is 3.34. The highest BCUT2D eigenvalue weighted by atomic mass is 16.2. The molecule has 2 aliphatic rings. The molecule has 7 heteroatoms. The molecule has 7 rings (SSSR count). The lowest BCUT2D eigenvalue weighted by atomic mass is 9.49. The maximum Gasteiger partial charge on any atom is 0.272 e. The van der Waals surface area contributed by atoms with Crippen molar-refractivity contribution < 1.29 is 4.79 Å². The fourth-order valence-corrected chi connectivity index (χ4v) is 6.27. The monoisotopic (exact) mass is 475 g/mol. The average molecular weight is 476 g/mol. The van der Waals surface area contributed by atoms with E-state index in [0.29, 0.717) is 17.0 Å². The van der Waals surface area contributed by atoms with Gasteiger partial charge in [0, 0.05) is 23.5 Å². The summed E-state index contributed by atoms with van der Waals surface area (Å²) < 4.78 is 1.85. The van der Waals surface area contributed by atoms with Crippen molar-refractivity contribution in [2.45, 2.75) is 37.6 Å². The van der Waals surface area contributed by atoms with Crippen LogP contribution in [0.2, 0.25) is 0 Å². The summed E-state index contributed by atoms with van der Waals surface area (Å²) in [5.41, 5.74) is 4.63. The number of hydrogen-bond donors (Lipinski definition) is 2. The first-order chi connectivity index (χ1) is 17.6. The van der Waals surface area contributed by atoms with Gasteiger partial charge in [-0.15, -0.1) is 0 Å². The van der Waals surface area contributed by atoms with Gasteiger partial charge < -0.3 is 5.32 Å². The van der Waals surface area contributed by atoms with Crippen molar-refractivity contribution in [2.75, 3.05) is 0 Å². The van der Waals surface area contributed by atoms with E-state index in [1.54, 1.807) is 6.20 Å². The normalized spacial score (nSPS) is 22.9. The first kappa shape index (κ1) is 21.1. The number of rotatable bonds is 4. The van der Waals surface area contributed by atoms with Crippen LogP contribution in [-0.4, -0.2) is 31.5 Å². The van der Waals surface area contributed by atoms with Crippen LogP contribution in [0, 0.1) is 5.41 Å². The van der Waals surface area contributed by atoms with Crippen LogP contribution in [-0.2, 0) is 0 Å². The predicted molar refractivity (Wildman–Crippen MR) is 138 cm³/mol. The van der Waals surface area contributed by atoms with E-state index in [2.05, 4.69) is 32.6 Å². The summed E-state index contributed by atoms with van der Waals surface area (Å²) in [6.07, 6.45) is 7.61. The summed E-state index contributed by atoms with van der Waals surface area (Å²) in [6, 6.07) is 22.0. The second kappa shape index (κ2) is 7.88. The molecule has 2 fully saturated rings. The molecule has 2 N–H and O–H groups in total. The van der Waals surface area contributed by atoms with Gasteiger partial charge in [-0.2, -0.15) is 5.10 Å². The topological polar surface area (TPSA) is 92.1 Å². The lowest BCUT2D eigenvalue weighted by Gasteiger charge is -2.57. The van der Waals surface area contributed by atoms with E-state index >= 15 is 0 Å². The SMILES string of the molecule is O=C(N[C@H]1CC2(C1)C[C@H](c1n[nH]c(=O)c3ccccc31)C2)c1cnc2cc(-c3ccccc3)ccn12. The van der Waals surface area contributed by atoms with Gasteiger partial charge in [0.2, 0.25) is 0 Å². The Balaban J connectivity index is 1.01.